The van der Waals surface area contributed by atoms with Crippen LogP contribution >= 0.6 is 0 Å². The van der Waals surface area contributed by atoms with Crippen LogP contribution in [0.3, 0.4) is 0 Å². The first kappa shape index (κ1) is 14.4. The van der Waals surface area contributed by atoms with Gasteiger partial charge in [-0.15, -0.1) is 0 Å². The molecule has 2 heterocycles. The average molecular weight is 289 g/mol. The van der Waals surface area contributed by atoms with Crippen LogP contribution in [0.5, 0.6) is 0 Å². The molecule has 9 heteroatoms. The number of nitrogens with one attached hydrogen (secondary N) is 1. The van der Waals surface area contributed by atoms with E-state index >= 15 is 0 Å². The highest BCUT2D eigenvalue weighted by molar-refractivity contribution is 5.84. The lowest BCUT2D eigenvalue weighted by Gasteiger charge is -2.24. The summed E-state index contributed by atoms with van der Waals surface area (Å²) in [5.74, 6) is 4.47. The molecule has 2 rings (SSSR count). The minimum Gasteiger partial charge on any atom is -0.368 e. The summed E-state index contributed by atoms with van der Waals surface area (Å²) in [6, 6.07) is 1.05. The van der Waals surface area contributed by atoms with Gasteiger partial charge in [0.15, 0.2) is 0 Å². The number of halogens is 3. The number of hydrogen-bond donors (Lipinski definition) is 3. The van der Waals surface area contributed by atoms with Gasteiger partial charge in [-0.05, 0) is 25.0 Å². The average Bonchev–Trinajstić information content (AvgIpc) is 2.86. The van der Waals surface area contributed by atoms with E-state index in [0.717, 1.165) is 12.1 Å². The summed E-state index contributed by atoms with van der Waals surface area (Å²) >= 11 is 0. The van der Waals surface area contributed by atoms with Crippen molar-refractivity contribution < 1.29 is 18.0 Å². The number of primary amides is 1. The molecule has 0 radical (unpaired) electrons. The van der Waals surface area contributed by atoms with Crippen LogP contribution in [0.1, 0.15) is 18.4 Å². The van der Waals surface area contributed by atoms with Crippen LogP contribution in [-0.2, 0) is 11.0 Å². The molecule has 1 fully saturated rings. The molecule has 1 unspecified atom stereocenters. The number of amides is 1. The summed E-state index contributed by atoms with van der Waals surface area (Å²) in [6.45, 7) is 0.423. The van der Waals surface area contributed by atoms with Gasteiger partial charge in [0.2, 0.25) is 5.91 Å². The molecule has 20 heavy (non-hydrogen) atoms. The van der Waals surface area contributed by atoms with E-state index in [2.05, 4.69) is 10.4 Å². The van der Waals surface area contributed by atoms with Crippen LogP contribution in [0.4, 0.5) is 24.8 Å². The molecule has 1 amide bonds. The monoisotopic (exact) mass is 289 g/mol. The largest absolute Gasteiger partial charge is 0.416 e. The van der Waals surface area contributed by atoms with E-state index in [0.29, 0.717) is 19.4 Å². The topological polar surface area (TPSA) is 97.3 Å². The Morgan fingerprint density at radius 1 is 1.45 bits per heavy atom. The number of carbonyl (C=O) groups excluding carboxylic acids is 1. The highest BCUT2D eigenvalue weighted by Gasteiger charge is 2.35. The Labute approximate surface area is 112 Å². The molecule has 1 aliphatic heterocycles. The van der Waals surface area contributed by atoms with Gasteiger partial charge >= 0.3 is 6.18 Å². The smallest absolute Gasteiger partial charge is 0.368 e. The quantitative estimate of drug-likeness (QED) is 0.566. The molecule has 0 aliphatic carbocycles. The summed E-state index contributed by atoms with van der Waals surface area (Å²) in [5.41, 5.74) is 6.46. The van der Waals surface area contributed by atoms with Crippen molar-refractivity contribution >= 4 is 17.5 Å². The van der Waals surface area contributed by atoms with Crippen molar-refractivity contribution in [1.29, 1.82) is 0 Å². The van der Waals surface area contributed by atoms with E-state index in [1.165, 1.54) is 4.90 Å². The SMILES string of the molecule is NNc1cc(C(F)(F)F)cc(N2CCCC2C(N)=O)n1. The first-order valence-electron chi connectivity index (χ1n) is 5.95. The molecule has 110 valence electrons. The van der Waals surface area contributed by atoms with Crippen molar-refractivity contribution in [3.8, 4) is 0 Å². The summed E-state index contributed by atoms with van der Waals surface area (Å²) in [4.78, 5) is 16.7. The Morgan fingerprint density at radius 3 is 2.70 bits per heavy atom. The standard InChI is InChI=1S/C11H14F3N5O/c12-11(13,14)6-4-8(18-16)17-9(5-6)19-3-1-2-7(19)10(15)20/h4-5,7H,1-3,16H2,(H2,15,20)(H,17,18). The summed E-state index contributed by atoms with van der Waals surface area (Å²) < 4.78 is 38.5. The zero-order chi connectivity index (χ0) is 14.9. The normalized spacial score (nSPS) is 19.2. The Morgan fingerprint density at radius 2 is 2.15 bits per heavy atom. The molecule has 5 N–H and O–H groups in total. The van der Waals surface area contributed by atoms with Crippen LogP contribution in [0, 0.1) is 0 Å². The fraction of sp³-hybridized carbons (Fsp3) is 0.455. The number of alkyl halides is 3. The fourth-order valence-electron chi connectivity index (χ4n) is 2.24. The second-order valence-corrected chi connectivity index (χ2v) is 4.50. The number of aromatic nitrogens is 1. The number of pyridine rings is 1. The van der Waals surface area contributed by atoms with Crippen molar-refractivity contribution in [3.63, 3.8) is 0 Å². The molecule has 1 aromatic rings. The molecule has 0 bridgehead atoms. The number of anilines is 2. The van der Waals surface area contributed by atoms with Crippen LogP contribution < -0.4 is 21.9 Å². The lowest BCUT2D eigenvalue weighted by Crippen LogP contribution is -2.41. The Bertz CT molecular complexity index is 519. The lowest BCUT2D eigenvalue weighted by atomic mass is 10.2. The van der Waals surface area contributed by atoms with Gasteiger partial charge in [-0.1, -0.05) is 0 Å². The van der Waals surface area contributed by atoms with E-state index in [4.69, 9.17) is 11.6 Å². The Hall–Kier alpha value is -2.03. The second-order valence-electron chi connectivity index (χ2n) is 4.50. The predicted octanol–water partition coefficient (Wildman–Crippen LogP) is 0.840. The maximum Gasteiger partial charge on any atom is 0.416 e. The number of carbonyl (C=O) groups is 1. The van der Waals surface area contributed by atoms with Gasteiger partial charge in [0.1, 0.15) is 17.7 Å². The van der Waals surface area contributed by atoms with E-state index < -0.39 is 23.7 Å². The maximum atomic E-state index is 12.8. The molecular formula is C11H14F3N5O. The van der Waals surface area contributed by atoms with Crippen molar-refractivity contribution in [2.45, 2.75) is 25.1 Å². The third-order valence-electron chi connectivity index (χ3n) is 3.16. The van der Waals surface area contributed by atoms with Crippen LogP contribution in [0.2, 0.25) is 0 Å². The molecule has 6 nitrogen and oxygen atoms in total. The summed E-state index contributed by atoms with van der Waals surface area (Å²) in [7, 11) is 0. The molecule has 1 aliphatic rings. The predicted molar refractivity (Wildman–Crippen MR) is 66.6 cm³/mol. The van der Waals surface area contributed by atoms with Crippen LogP contribution in [0.25, 0.3) is 0 Å². The number of rotatable bonds is 3. The van der Waals surface area contributed by atoms with Crippen LogP contribution in [-0.4, -0.2) is 23.5 Å². The fourth-order valence-corrected chi connectivity index (χ4v) is 2.24. The number of nitrogen functional groups attached to an aromatic ring is 1. The van der Waals surface area contributed by atoms with Crippen molar-refractivity contribution in [2.75, 3.05) is 16.9 Å². The number of nitrogens with zero attached hydrogens (tertiary/aromatic N) is 2. The molecule has 0 saturated carbocycles. The molecule has 0 aromatic carbocycles. The zero-order valence-electron chi connectivity index (χ0n) is 10.4. The first-order valence-corrected chi connectivity index (χ1v) is 5.95. The Kier molecular flexibility index (Phi) is 3.71. The minimum atomic E-state index is -4.52. The van der Waals surface area contributed by atoms with Gasteiger partial charge in [-0.3, -0.25) is 4.79 Å². The van der Waals surface area contributed by atoms with E-state index in [1.807, 2.05) is 0 Å². The maximum absolute atomic E-state index is 12.8. The minimum absolute atomic E-state index is 0.0362. The van der Waals surface area contributed by atoms with Gasteiger partial charge in [0, 0.05) is 6.54 Å². The van der Waals surface area contributed by atoms with Gasteiger partial charge in [-0.25, -0.2) is 10.8 Å². The Balaban J connectivity index is 2.43. The highest BCUT2D eigenvalue weighted by atomic mass is 19.4. The summed E-state index contributed by atoms with van der Waals surface area (Å²) in [6.07, 6.45) is -3.36. The van der Waals surface area contributed by atoms with Crippen molar-refractivity contribution in [3.05, 3.63) is 17.7 Å². The number of hydrogen-bond acceptors (Lipinski definition) is 5. The number of nitrogens with two attached hydrogens (primary N) is 2. The van der Waals surface area contributed by atoms with E-state index in [-0.39, 0.29) is 11.6 Å². The molecule has 1 aromatic heterocycles. The first-order chi connectivity index (χ1) is 9.32. The van der Waals surface area contributed by atoms with Gasteiger partial charge in [-0.2, -0.15) is 13.2 Å². The molecule has 0 spiro atoms. The second kappa shape index (κ2) is 5.16. The number of hydrazine groups is 1. The van der Waals surface area contributed by atoms with E-state index in [1.54, 1.807) is 0 Å². The van der Waals surface area contributed by atoms with Crippen LogP contribution in [0.15, 0.2) is 12.1 Å². The molecular weight excluding hydrogens is 275 g/mol. The summed E-state index contributed by atoms with van der Waals surface area (Å²) in [5, 5.41) is 0. The van der Waals surface area contributed by atoms with Crippen molar-refractivity contribution in [2.24, 2.45) is 11.6 Å². The van der Waals surface area contributed by atoms with E-state index in [9.17, 15) is 18.0 Å². The van der Waals surface area contributed by atoms with Gasteiger partial charge < -0.3 is 16.1 Å². The van der Waals surface area contributed by atoms with Gasteiger partial charge in [0.25, 0.3) is 0 Å². The third-order valence-corrected chi connectivity index (χ3v) is 3.16. The molecule has 1 atom stereocenters. The molecule has 1 saturated heterocycles. The van der Waals surface area contributed by atoms with Gasteiger partial charge in [0.05, 0.1) is 5.56 Å². The van der Waals surface area contributed by atoms with Crippen molar-refractivity contribution in [1.82, 2.24) is 4.98 Å². The zero-order valence-corrected chi connectivity index (χ0v) is 10.4. The highest BCUT2D eigenvalue weighted by Crippen LogP contribution is 2.34. The third kappa shape index (κ3) is 2.77. The lowest BCUT2D eigenvalue weighted by molar-refractivity contribution is -0.137.